The molecule has 1 amide bonds. The van der Waals surface area contributed by atoms with Gasteiger partial charge in [0.1, 0.15) is 5.75 Å². The first-order valence-electron chi connectivity index (χ1n) is 12.8. The molecule has 0 unspecified atom stereocenters. The van der Waals surface area contributed by atoms with E-state index in [1.165, 1.54) is 27.8 Å². The predicted molar refractivity (Wildman–Crippen MR) is 157 cm³/mol. The number of benzene rings is 3. The van der Waals surface area contributed by atoms with Gasteiger partial charge in [0.05, 0.1) is 34.5 Å². The smallest absolute Gasteiger partial charge is 0.264 e. The van der Waals surface area contributed by atoms with Crippen molar-refractivity contribution in [2.75, 3.05) is 22.9 Å². The standard InChI is InChI=1S/C30H26N4O4S2/c1-38-24-12-15-26-28(18-24)39-30(32-26)33(20-21-6-4-16-31-19-21)29(35)23-10-13-25(14-11-23)40(36,37)34-17-5-8-22-7-2-3-9-27(22)34/h2-4,6-7,9-16,18-19H,5,8,17,20H2,1H3. The number of rotatable bonds is 7. The molecule has 0 aliphatic carbocycles. The number of para-hydroxylation sites is 1. The Morgan fingerprint density at radius 1 is 1.05 bits per heavy atom. The number of methoxy groups -OCH3 is 1. The Balaban J connectivity index is 1.33. The zero-order valence-electron chi connectivity index (χ0n) is 21.7. The number of sulfonamides is 1. The first-order chi connectivity index (χ1) is 19.4. The Hall–Kier alpha value is -4.28. The van der Waals surface area contributed by atoms with Crippen molar-refractivity contribution in [3.05, 3.63) is 108 Å². The van der Waals surface area contributed by atoms with Crippen LogP contribution in [0.4, 0.5) is 10.8 Å². The van der Waals surface area contributed by atoms with E-state index in [1.807, 2.05) is 54.6 Å². The lowest BCUT2D eigenvalue weighted by Gasteiger charge is -2.30. The van der Waals surface area contributed by atoms with Crippen molar-refractivity contribution in [2.24, 2.45) is 0 Å². The van der Waals surface area contributed by atoms with Gasteiger partial charge in [0.2, 0.25) is 0 Å². The van der Waals surface area contributed by atoms with Crippen LogP contribution in [0.15, 0.2) is 96.2 Å². The number of ether oxygens (including phenoxy) is 1. The number of anilines is 2. The van der Waals surface area contributed by atoms with Crippen molar-refractivity contribution < 1.29 is 17.9 Å². The van der Waals surface area contributed by atoms with Gasteiger partial charge in [-0.25, -0.2) is 13.4 Å². The summed E-state index contributed by atoms with van der Waals surface area (Å²) < 4.78 is 34.9. The van der Waals surface area contributed by atoms with Gasteiger partial charge in [-0.1, -0.05) is 35.6 Å². The minimum absolute atomic E-state index is 0.145. The van der Waals surface area contributed by atoms with E-state index in [2.05, 4.69) is 4.98 Å². The maximum atomic E-state index is 13.9. The molecule has 0 saturated carbocycles. The lowest BCUT2D eigenvalue weighted by atomic mass is 10.0. The molecule has 0 spiro atoms. The molecule has 1 aliphatic heterocycles. The summed E-state index contributed by atoms with van der Waals surface area (Å²) in [6.07, 6.45) is 4.99. The number of fused-ring (bicyclic) bond motifs is 2. The van der Waals surface area contributed by atoms with Crippen molar-refractivity contribution in [3.63, 3.8) is 0 Å². The quantitative estimate of drug-likeness (QED) is 0.250. The highest BCUT2D eigenvalue weighted by Crippen LogP contribution is 2.34. The summed E-state index contributed by atoms with van der Waals surface area (Å²) in [6, 6.07) is 23.0. The first kappa shape index (κ1) is 26.0. The van der Waals surface area contributed by atoms with E-state index in [0.717, 1.165) is 34.2 Å². The molecule has 40 heavy (non-hydrogen) atoms. The zero-order chi connectivity index (χ0) is 27.7. The van der Waals surface area contributed by atoms with Gasteiger partial charge in [-0.15, -0.1) is 0 Å². The average molecular weight is 571 g/mol. The molecule has 6 rings (SSSR count). The molecule has 0 atom stereocenters. The van der Waals surface area contributed by atoms with Crippen LogP contribution in [0.1, 0.15) is 27.9 Å². The predicted octanol–water partition coefficient (Wildman–Crippen LogP) is 5.69. The number of aromatic nitrogens is 2. The third-order valence-electron chi connectivity index (χ3n) is 6.88. The Morgan fingerprint density at radius 3 is 2.65 bits per heavy atom. The number of hydrogen-bond acceptors (Lipinski definition) is 7. The minimum Gasteiger partial charge on any atom is -0.497 e. The molecule has 202 valence electrons. The number of thiazole rings is 1. The number of aryl methyl sites for hydroxylation is 1. The Bertz CT molecular complexity index is 1790. The summed E-state index contributed by atoms with van der Waals surface area (Å²) in [4.78, 5) is 24.5. The van der Waals surface area contributed by atoms with Gasteiger partial charge in [0.15, 0.2) is 5.13 Å². The van der Waals surface area contributed by atoms with E-state index < -0.39 is 10.0 Å². The fraction of sp³-hybridized carbons (Fsp3) is 0.167. The largest absolute Gasteiger partial charge is 0.497 e. The number of carbonyl (C=O) groups is 1. The highest BCUT2D eigenvalue weighted by molar-refractivity contribution is 7.92. The second-order valence-electron chi connectivity index (χ2n) is 9.42. The fourth-order valence-electron chi connectivity index (χ4n) is 4.84. The molecule has 5 aromatic rings. The van der Waals surface area contributed by atoms with Crippen LogP contribution in [0.25, 0.3) is 10.2 Å². The van der Waals surface area contributed by atoms with E-state index in [0.29, 0.717) is 28.7 Å². The van der Waals surface area contributed by atoms with Gasteiger partial charge >= 0.3 is 0 Å². The Kier molecular flexibility index (Phi) is 6.95. The van der Waals surface area contributed by atoms with E-state index in [9.17, 15) is 13.2 Å². The van der Waals surface area contributed by atoms with Gasteiger partial charge in [0.25, 0.3) is 15.9 Å². The molecule has 1 aliphatic rings. The summed E-state index contributed by atoms with van der Waals surface area (Å²) in [6.45, 7) is 0.676. The maximum absolute atomic E-state index is 13.9. The molecule has 2 aromatic heterocycles. The third kappa shape index (κ3) is 4.91. The molecule has 0 fully saturated rings. The second-order valence-corrected chi connectivity index (χ2v) is 12.3. The second kappa shape index (κ2) is 10.7. The topological polar surface area (TPSA) is 92.7 Å². The van der Waals surface area contributed by atoms with Gasteiger partial charge in [0, 0.05) is 24.5 Å². The van der Waals surface area contributed by atoms with Crippen LogP contribution in [-0.4, -0.2) is 37.9 Å². The van der Waals surface area contributed by atoms with Gasteiger partial charge < -0.3 is 4.74 Å². The Morgan fingerprint density at radius 2 is 1.88 bits per heavy atom. The molecule has 0 saturated heterocycles. The maximum Gasteiger partial charge on any atom is 0.264 e. The summed E-state index contributed by atoms with van der Waals surface area (Å²) in [5.41, 5.74) is 3.69. The summed E-state index contributed by atoms with van der Waals surface area (Å²) >= 11 is 1.39. The minimum atomic E-state index is -3.78. The van der Waals surface area contributed by atoms with Crippen molar-refractivity contribution in [3.8, 4) is 5.75 Å². The van der Waals surface area contributed by atoms with Crippen LogP contribution < -0.4 is 13.9 Å². The highest BCUT2D eigenvalue weighted by Gasteiger charge is 2.29. The lowest BCUT2D eigenvalue weighted by Crippen LogP contribution is -2.35. The van der Waals surface area contributed by atoms with Crippen LogP contribution >= 0.6 is 11.3 Å². The molecule has 3 aromatic carbocycles. The molecular weight excluding hydrogens is 544 g/mol. The van der Waals surface area contributed by atoms with Crippen molar-refractivity contribution in [1.29, 1.82) is 0 Å². The molecule has 10 heteroatoms. The lowest BCUT2D eigenvalue weighted by molar-refractivity contribution is 0.0985. The molecule has 0 N–H and O–H groups in total. The molecule has 3 heterocycles. The van der Waals surface area contributed by atoms with Crippen molar-refractivity contribution in [1.82, 2.24) is 9.97 Å². The summed E-state index contributed by atoms with van der Waals surface area (Å²) in [5.74, 6) is 0.420. The fourth-order valence-corrected chi connectivity index (χ4v) is 7.37. The Labute approximate surface area is 236 Å². The third-order valence-corrected chi connectivity index (χ3v) is 9.75. The van der Waals surface area contributed by atoms with Crippen molar-refractivity contribution >= 4 is 48.3 Å². The zero-order valence-corrected chi connectivity index (χ0v) is 23.4. The van der Waals surface area contributed by atoms with Gasteiger partial charge in [-0.05, 0) is 78.6 Å². The molecular formula is C30H26N4O4S2. The normalized spacial score (nSPS) is 13.2. The first-order valence-corrected chi connectivity index (χ1v) is 15.1. The van der Waals surface area contributed by atoms with E-state index in [4.69, 9.17) is 9.72 Å². The molecule has 0 bridgehead atoms. The number of carbonyl (C=O) groups excluding carboxylic acids is 1. The number of amides is 1. The van der Waals surface area contributed by atoms with Gasteiger partial charge in [-0.2, -0.15) is 0 Å². The number of hydrogen-bond donors (Lipinski definition) is 0. The SMILES string of the molecule is COc1ccc2nc(N(Cc3cccnc3)C(=O)c3ccc(S(=O)(=O)N4CCCc5ccccc54)cc3)sc2c1. The summed E-state index contributed by atoms with van der Waals surface area (Å²) in [5, 5.41) is 0.527. The monoisotopic (exact) mass is 570 g/mol. The number of nitrogens with zero attached hydrogens (tertiary/aromatic N) is 4. The van der Waals surface area contributed by atoms with Crippen LogP contribution in [-0.2, 0) is 23.0 Å². The van der Waals surface area contributed by atoms with E-state index in [1.54, 1.807) is 36.5 Å². The van der Waals surface area contributed by atoms with Crippen LogP contribution in [0.3, 0.4) is 0 Å². The van der Waals surface area contributed by atoms with Crippen LogP contribution in [0.2, 0.25) is 0 Å². The molecule has 0 radical (unpaired) electrons. The highest BCUT2D eigenvalue weighted by atomic mass is 32.2. The van der Waals surface area contributed by atoms with Crippen molar-refractivity contribution in [2.45, 2.75) is 24.3 Å². The average Bonchev–Trinajstić information content (AvgIpc) is 3.43. The summed E-state index contributed by atoms with van der Waals surface area (Å²) in [7, 11) is -2.18. The number of pyridine rings is 1. The molecule has 8 nitrogen and oxygen atoms in total. The van der Waals surface area contributed by atoms with E-state index >= 15 is 0 Å². The van der Waals surface area contributed by atoms with E-state index in [-0.39, 0.29) is 17.3 Å². The van der Waals surface area contributed by atoms with Crippen LogP contribution in [0, 0.1) is 0 Å². The van der Waals surface area contributed by atoms with Crippen LogP contribution in [0.5, 0.6) is 5.75 Å². The van der Waals surface area contributed by atoms with Gasteiger partial charge in [-0.3, -0.25) is 19.0 Å².